The predicted molar refractivity (Wildman–Crippen MR) is 97.3 cm³/mol. The van der Waals surface area contributed by atoms with Gasteiger partial charge in [-0.3, -0.25) is 0 Å². The first-order chi connectivity index (χ1) is 11.6. The van der Waals surface area contributed by atoms with Gasteiger partial charge in [0.2, 0.25) is 10.0 Å². The van der Waals surface area contributed by atoms with Gasteiger partial charge >= 0.3 is 0 Å². The van der Waals surface area contributed by atoms with E-state index in [0.29, 0.717) is 23.8 Å². The number of hydrogen-bond acceptors (Lipinski definition) is 5. The predicted octanol–water partition coefficient (Wildman–Crippen LogP) is 2.92. The van der Waals surface area contributed by atoms with Crippen LogP contribution in [-0.4, -0.2) is 34.9 Å². The lowest BCUT2D eigenvalue weighted by atomic mass is 10.2. The lowest BCUT2D eigenvalue weighted by molar-refractivity contribution is 0.392. The molecule has 0 unspecified atom stereocenters. The van der Waals surface area contributed by atoms with Gasteiger partial charge < -0.3 is 9.47 Å². The summed E-state index contributed by atoms with van der Waals surface area (Å²) in [7, 11) is -0.716. The molecule has 0 saturated carbocycles. The Kier molecular flexibility index (Phi) is 6.96. The molecule has 24 heavy (non-hydrogen) atoms. The quantitative estimate of drug-likeness (QED) is 0.691. The van der Waals surface area contributed by atoms with Gasteiger partial charge in [0.25, 0.3) is 0 Å². The highest BCUT2D eigenvalue weighted by Crippen LogP contribution is 2.27. The summed E-state index contributed by atoms with van der Waals surface area (Å²) in [5.74, 6) is 2.29. The maximum atomic E-state index is 12.5. The van der Waals surface area contributed by atoms with E-state index in [-0.39, 0.29) is 4.90 Å². The van der Waals surface area contributed by atoms with Crippen molar-refractivity contribution in [1.29, 1.82) is 0 Å². The largest absolute Gasteiger partial charge is 0.497 e. The highest BCUT2D eigenvalue weighted by atomic mass is 32.2. The summed E-state index contributed by atoms with van der Waals surface area (Å²) in [6, 6.07) is 14.8. The van der Waals surface area contributed by atoms with Crippen molar-refractivity contribution in [3.63, 3.8) is 0 Å². The number of methoxy groups -OCH3 is 2. The Labute approximate surface area is 147 Å². The Hall–Kier alpha value is -1.70. The maximum absolute atomic E-state index is 12.5. The minimum atomic E-state index is -3.65. The van der Waals surface area contributed by atoms with E-state index in [0.717, 1.165) is 5.75 Å². The van der Waals surface area contributed by atoms with Crippen LogP contribution in [0.15, 0.2) is 53.4 Å². The van der Waals surface area contributed by atoms with Crippen LogP contribution < -0.4 is 14.2 Å². The van der Waals surface area contributed by atoms with Crippen molar-refractivity contribution in [3.05, 3.63) is 54.1 Å². The molecule has 0 fully saturated rings. The van der Waals surface area contributed by atoms with Gasteiger partial charge in [-0.2, -0.15) is 11.8 Å². The van der Waals surface area contributed by atoms with E-state index in [2.05, 4.69) is 16.9 Å². The molecule has 0 aromatic heterocycles. The average Bonchev–Trinajstić information content (AvgIpc) is 2.61. The van der Waals surface area contributed by atoms with Crippen molar-refractivity contribution >= 4 is 21.8 Å². The Morgan fingerprint density at radius 2 is 1.79 bits per heavy atom. The molecule has 0 radical (unpaired) electrons. The molecule has 0 amide bonds. The molecular formula is C17H21NO4S2. The second-order valence-electron chi connectivity index (χ2n) is 4.95. The van der Waals surface area contributed by atoms with Crippen LogP contribution >= 0.6 is 11.8 Å². The zero-order valence-corrected chi connectivity index (χ0v) is 15.3. The highest BCUT2D eigenvalue weighted by molar-refractivity contribution is 7.98. The minimum absolute atomic E-state index is 0.0809. The Morgan fingerprint density at radius 1 is 1.04 bits per heavy atom. The maximum Gasteiger partial charge on any atom is 0.244 e. The topological polar surface area (TPSA) is 64.6 Å². The summed E-state index contributed by atoms with van der Waals surface area (Å²) in [4.78, 5) is 0.0809. The van der Waals surface area contributed by atoms with Gasteiger partial charge in [0.15, 0.2) is 0 Å². The molecule has 0 saturated heterocycles. The van der Waals surface area contributed by atoms with Crippen molar-refractivity contribution in [1.82, 2.24) is 4.72 Å². The summed E-state index contributed by atoms with van der Waals surface area (Å²) in [6.45, 7) is 0.347. The Balaban J connectivity index is 1.91. The van der Waals surface area contributed by atoms with Gasteiger partial charge in [0, 0.05) is 24.1 Å². The molecule has 0 bridgehead atoms. The molecule has 0 aliphatic heterocycles. The third-order valence-corrected chi connectivity index (χ3v) is 5.82. The summed E-state index contributed by atoms with van der Waals surface area (Å²) in [5, 5.41) is 0. The summed E-state index contributed by atoms with van der Waals surface area (Å²) in [5.41, 5.74) is 1.22. The highest BCUT2D eigenvalue weighted by Gasteiger charge is 2.20. The number of ether oxygens (including phenoxy) is 2. The number of hydrogen-bond donors (Lipinski definition) is 1. The number of thioether (sulfide) groups is 1. The van der Waals surface area contributed by atoms with Crippen molar-refractivity contribution in [2.24, 2.45) is 0 Å². The Bertz CT molecular complexity index is 748. The van der Waals surface area contributed by atoms with E-state index in [1.807, 2.05) is 18.2 Å². The SMILES string of the molecule is COc1ccc(OC)c(S(=O)(=O)NCCSCc2ccccc2)c1. The lowest BCUT2D eigenvalue weighted by Gasteiger charge is -2.12. The molecule has 0 aliphatic carbocycles. The van der Waals surface area contributed by atoms with Crippen LogP contribution in [0, 0.1) is 0 Å². The number of rotatable bonds is 9. The van der Waals surface area contributed by atoms with Crippen LogP contribution in [0.4, 0.5) is 0 Å². The molecule has 130 valence electrons. The first-order valence-corrected chi connectivity index (χ1v) is 10.0. The third kappa shape index (κ3) is 5.15. The summed E-state index contributed by atoms with van der Waals surface area (Å²) in [6.07, 6.45) is 0. The molecular weight excluding hydrogens is 346 g/mol. The molecule has 0 heterocycles. The molecule has 5 nitrogen and oxygen atoms in total. The number of benzene rings is 2. The van der Waals surface area contributed by atoms with Gasteiger partial charge in [0.1, 0.15) is 16.4 Å². The van der Waals surface area contributed by atoms with Gasteiger partial charge in [-0.1, -0.05) is 30.3 Å². The van der Waals surface area contributed by atoms with Crippen LogP contribution in [0.3, 0.4) is 0 Å². The van der Waals surface area contributed by atoms with E-state index in [1.165, 1.54) is 25.8 Å². The normalized spacial score (nSPS) is 11.2. The first kappa shape index (κ1) is 18.6. The second-order valence-corrected chi connectivity index (χ2v) is 7.79. The molecule has 2 rings (SSSR count). The second kappa shape index (κ2) is 8.96. The van der Waals surface area contributed by atoms with Gasteiger partial charge in [-0.25, -0.2) is 13.1 Å². The smallest absolute Gasteiger partial charge is 0.244 e. The van der Waals surface area contributed by atoms with Crippen molar-refractivity contribution < 1.29 is 17.9 Å². The Morgan fingerprint density at radius 3 is 2.46 bits per heavy atom. The fourth-order valence-corrected chi connectivity index (χ4v) is 4.25. The van der Waals surface area contributed by atoms with Crippen LogP contribution in [0.5, 0.6) is 11.5 Å². The summed E-state index contributed by atoms with van der Waals surface area (Å²) < 4.78 is 37.7. The van der Waals surface area contributed by atoms with E-state index in [4.69, 9.17) is 9.47 Å². The molecule has 7 heteroatoms. The van der Waals surface area contributed by atoms with Crippen molar-refractivity contribution in [2.75, 3.05) is 26.5 Å². The van der Waals surface area contributed by atoms with E-state index in [1.54, 1.807) is 23.9 Å². The zero-order valence-electron chi connectivity index (χ0n) is 13.7. The summed E-state index contributed by atoms with van der Waals surface area (Å²) >= 11 is 1.68. The molecule has 0 spiro atoms. The number of nitrogens with one attached hydrogen (secondary N) is 1. The molecule has 2 aromatic carbocycles. The van der Waals surface area contributed by atoms with Crippen molar-refractivity contribution in [2.45, 2.75) is 10.6 Å². The first-order valence-electron chi connectivity index (χ1n) is 7.40. The zero-order chi connectivity index (χ0) is 17.4. The van der Waals surface area contributed by atoms with Gasteiger partial charge in [0.05, 0.1) is 14.2 Å². The number of sulfonamides is 1. The average molecular weight is 367 g/mol. The third-order valence-electron chi connectivity index (χ3n) is 3.31. The van der Waals surface area contributed by atoms with Crippen LogP contribution in [0.1, 0.15) is 5.56 Å². The van der Waals surface area contributed by atoms with Gasteiger partial charge in [-0.05, 0) is 17.7 Å². The molecule has 1 N–H and O–H groups in total. The molecule has 0 atom stereocenters. The van der Waals surface area contributed by atoms with Crippen molar-refractivity contribution in [3.8, 4) is 11.5 Å². The lowest BCUT2D eigenvalue weighted by Crippen LogP contribution is -2.26. The fourth-order valence-electron chi connectivity index (χ4n) is 2.08. The molecule has 2 aromatic rings. The van der Waals surface area contributed by atoms with E-state index >= 15 is 0 Å². The van der Waals surface area contributed by atoms with E-state index in [9.17, 15) is 8.42 Å². The van der Waals surface area contributed by atoms with Crippen LogP contribution in [-0.2, 0) is 15.8 Å². The van der Waals surface area contributed by atoms with Gasteiger partial charge in [-0.15, -0.1) is 0 Å². The minimum Gasteiger partial charge on any atom is -0.497 e. The fraction of sp³-hybridized carbons (Fsp3) is 0.294. The van der Waals surface area contributed by atoms with E-state index < -0.39 is 10.0 Å². The molecule has 0 aliphatic rings. The van der Waals surface area contributed by atoms with Crippen LogP contribution in [0.25, 0.3) is 0 Å². The van der Waals surface area contributed by atoms with Crippen LogP contribution in [0.2, 0.25) is 0 Å². The standard InChI is InChI=1S/C17H21NO4S2/c1-21-15-8-9-16(22-2)17(12-15)24(19,20)18-10-11-23-13-14-6-4-3-5-7-14/h3-9,12,18H,10-11,13H2,1-2H3. The monoisotopic (exact) mass is 367 g/mol.